The zero-order valence-corrected chi connectivity index (χ0v) is 15.4. The van der Waals surface area contributed by atoms with E-state index in [1.54, 1.807) is 12.3 Å². The van der Waals surface area contributed by atoms with Crippen LogP contribution in [0.2, 0.25) is 0 Å². The van der Waals surface area contributed by atoms with Crippen LogP contribution in [0.25, 0.3) is 0 Å². The zero-order valence-electron chi connectivity index (χ0n) is 13.0. The Morgan fingerprint density at radius 1 is 1.33 bits per heavy atom. The lowest BCUT2D eigenvalue weighted by Crippen LogP contribution is -2.34. The first-order valence-corrected chi connectivity index (χ1v) is 9.49. The van der Waals surface area contributed by atoms with E-state index in [0.29, 0.717) is 22.8 Å². The van der Waals surface area contributed by atoms with Crippen molar-refractivity contribution < 1.29 is 8.42 Å². The highest BCUT2D eigenvalue weighted by atomic mass is 79.9. The number of halogens is 1. The summed E-state index contributed by atoms with van der Waals surface area (Å²) in [6, 6.07) is 1.46. The van der Waals surface area contributed by atoms with Gasteiger partial charge in [-0.25, -0.2) is 18.1 Å². The van der Waals surface area contributed by atoms with Crippen molar-refractivity contribution in [2.45, 2.75) is 51.5 Å². The molecule has 0 aliphatic rings. The predicted molar refractivity (Wildman–Crippen MR) is 90.0 cm³/mol. The summed E-state index contributed by atoms with van der Waals surface area (Å²) in [4.78, 5) is 4.32. The normalized spacial score (nSPS) is 14.7. The Bertz CT molecular complexity index is 563. The van der Waals surface area contributed by atoms with Crippen LogP contribution in [-0.4, -0.2) is 26.0 Å². The summed E-state index contributed by atoms with van der Waals surface area (Å²) >= 11 is 3.28. The molecule has 1 aromatic rings. The number of hydrogen-bond donors (Lipinski definition) is 2. The highest BCUT2D eigenvalue weighted by Crippen LogP contribution is 2.23. The SMILES string of the molecule is CCNc1ncc(Br)cc1S(=O)(=O)NC(C)CC(C)CC. The Labute approximate surface area is 136 Å². The molecule has 0 aliphatic carbocycles. The topological polar surface area (TPSA) is 71.1 Å². The summed E-state index contributed by atoms with van der Waals surface area (Å²) in [5.74, 6) is 0.862. The molecule has 7 heteroatoms. The first-order chi connectivity index (χ1) is 9.80. The minimum absolute atomic E-state index is 0.113. The van der Waals surface area contributed by atoms with E-state index in [0.717, 1.165) is 12.8 Å². The number of anilines is 1. The van der Waals surface area contributed by atoms with Crippen LogP contribution in [0.1, 0.15) is 40.5 Å². The number of pyridine rings is 1. The summed E-state index contributed by atoms with van der Waals surface area (Å²) in [6.45, 7) is 8.63. The molecule has 0 aliphatic heterocycles. The van der Waals surface area contributed by atoms with Crippen LogP contribution in [0.3, 0.4) is 0 Å². The third-order valence-corrected chi connectivity index (χ3v) is 5.30. The molecule has 0 aromatic carbocycles. The molecule has 2 unspecified atom stereocenters. The monoisotopic (exact) mass is 377 g/mol. The van der Waals surface area contributed by atoms with Gasteiger partial charge in [0.25, 0.3) is 0 Å². The Morgan fingerprint density at radius 3 is 2.57 bits per heavy atom. The zero-order chi connectivity index (χ0) is 16.0. The lowest BCUT2D eigenvalue weighted by atomic mass is 10.0. The molecule has 0 amide bonds. The van der Waals surface area contributed by atoms with Gasteiger partial charge in [0.2, 0.25) is 10.0 Å². The molecule has 1 heterocycles. The van der Waals surface area contributed by atoms with Crippen molar-refractivity contribution >= 4 is 31.8 Å². The first-order valence-electron chi connectivity index (χ1n) is 7.21. The lowest BCUT2D eigenvalue weighted by Gasteiger charge is -2.19. The van der Waals surface area contributed by atoms with Crippen LogP contribution in [0, 0.1) is 5.92 Å². The smallest absolute Gasteiger partial charge is 0.244 e. The van der Waals surface area contributed by atoms with Gasteiger partial charge in [0.15, 0.2) is 0 Å². The fraction of sp³-hybridized carbons (Fsp3) is 0.643. The molecule has 0 spiro atoms. The van der Waals surface area contributed by atoms with E-state index in [1.807, 2.05) is 13.8 Å². The van der Waals surface area contributed by atoms with E-state index in [2.05, 4.69) is 44.8 Å². The summed E-state index contributed by atoms with van der Waals surface area (Å²) in [6.07, 6.45) is 3.43. The maximum absolute atomic E-state index is 12.5. The van der Waals surface area contributed by atoms with Crippen molar-refractivity contribution in [2.75, 3.05) is 11.9 Å². The number of nitrogens with one attached hydrogen (secondary N) is 2. The van der Waals surface area contributed by atoms with Crippen LogP contribution in [-0.2, 0) is 10.0 Å². The van der Waals surface area contributed by atoms with Gasteiger partial charge < -0.3 is 5.32 Å². The Kier molecular flexibility index (Phi) is 7.09. The minimum atomic E-state index is -3.59. The molecule has 0 radical (unpaired) electrons. The van der Waals surface area contributed by atoms with Gasteiger partial charge in [-0.3, -0.25) is 0 Å². The van der Waals surface area contributed by atoms with E-state index in [-0.39, 0.29) is 10.9 Å². The molecule has 0 fully saturated rings. The van der Waals surface area contributed by atoms with Crippen molar-refractivity contribution in [3.8, 4) is 0 Å². The lowest BCUT2D eigenvalue weighted by molar-refractivity contribution is 0.445. The van der Waals surface area contributed by atoms with E-state index in [4.69, 9.17) is 0 Å². The fourth-order valence-corrected chi connectivity index (χ4v) is 3.97. The number of hydrogen-bond acceptors (Lipinski definition) is 4. The first kappa shape index (κ1) is 18.4. The van der Waals surface area contributed by atoms with Gasteiger partial charge in [0.05, 0.1) is 0 Å². The Hall–Kier alpha value is -0.660. The number of rotatable bonds is 8. The van der Waals surface area contributed by atoms with Gasteiger partial charge >= 0.3 is 0 Å². The molecule has 21 heavy (non-hydrogen) atoms. The third-order valence-electron chi connectivity index (χ3n) is 3.26. The van der Waals surface area contributed by atoms with Crippen molar-refractivity contribution in [1.29, 1.82) is 0 Å². The summed E-state index contributed by atoms with van der Waals surface area (Å²) in [7, 11) is -3.59. The van der Waals surface area contributed by atoms with Crippen LogP contribution in [0.15, 0.2) is 21.6 Å². The van der Waals surface area contributed by atoms with Gasteiger partial charge in [-0.05, 0) is 48.2 Å². The number of sulfonamides is 1. The Balaban J connectivity index is 2.99. The van der Waals surface area contributed by atoms with Gasteiger partial charge in [0, 0.05) is 23.3 Å². The Morgan fingerprint density at radius 2 is 2.00 bits per heavy atom. The maximum Gasteiger partial charge on any atom is 0.244 e. The van der Waals surface area contributed by atoms with E-state index < -0.39 is 10.0 Å². The third kappa shape index (κ3) is 5.56. The van der Waals surface area contributed by atoms with Crippen molar-refractivity contribution in [1.82, 2.24) is 9.71 Å². The van der Waals surface area contributed by atoms with Gasteiger partial charge in [0.1, 0.15) is 10.7 Å². The molecular weight excluding hydrogens is 354 g/mol. The molecule has 0 saturated carbocycles. The largest absolute Gasteiger partial charge is 0.369 e. The number of nitrogens with zero attached hydrogens (tertiary/aromatic N) is 1. The second-order valence-corrected chi connectivity index (χ2v) is 7.90. The molecule has 2 N–H and O–H groups in total. The molecule has 2 atom stereocenters. The molecule has 0 bridgehead atoms. The van der Waals surface area contributed by atoms with Crippen molar-refractivity contribution in [3.05, 3.63) is 16.7 Å². The van der Waals surface area contributed by atoms with Crippen LogP contribution >= 0.6 is 15.9 Å². The predicted octanol–water partition coefficient (Wildman–Crippen LogP) is 3.38. The highest BCUT2D eigenvalue weighted by molar-refractivity contribution is 9.10. The van der Waals surface area contributed by atoms with Gasteiger partial charge in [-0.1, -0.05) is 20.3 Å². The van der Waals surface area contributed by atoms with E-state index >= 15 is 0 Å². The maximum atomic E-state index is 12.5. The fourth-order valence-electron chi connectivity index (χ4n) is 2.07. The van der Waals surface area contributed by atoms with E-state index in [1.165, 1.54) is 0 Å². The second-order valence-electron chi connectivity index (χ2n) is 5.30. The molecule has 5 nitrogen and oxygen atoms in total. The number of aromatic nitrogens is 1. The van der Waals surface area contributed by atoms with E-state index in [9.17, 15) is 8.42 Å². The molecule has 120 valence electrons. The molecule has 1 rings (SSSR count). The van der Waals surface area contributed by atoms with Crippen LogP contribution in [0.5, 0.6) is 0 Å². The standard InChI is InChI=1S/C14H24BrN3O2S/c1-5-10(3)7-11(4)18-21(19,20)13-8-12(15)9-17-14(13)16-6-2/h8-11,18H,5-7H2,1-4H3,(H,16,17). The quantitative estimate of drug-likeness (QED) is 0.728. The van der Waals surface area contributed by atoms with Crippen LogP contribution in [0.4, 0.5) is 5.82 Å². The van der Waals surface area contributed by atoms with Crippen molar-refractivity contribution in [2.24, 2.45) is 5.92 Å². The van der Waals surface area contributed by atoms with Gasteiger partial charge in [-0.15, -0.1) is 0 Å². The summed E-state index contributed by atoms with van der Waals surface area (Å²) in [5, 5.41) is 2.98. The summed E-state index contributed by atoms with van der Waals surface area (Å²) in [5.41, 5.74) is 0. The second kappa shape index (κ2) is 8.10. The van der Waals surface area contributed by atoms with Crippen LogP contribution < -0.4 is 10.0 Å². The highest BCUT2D eigenvalue weighted by Gasteiger charge is 2.23. The molecular formula is C14H24BrN3O2S. The minimum Gasteiger partial charge on any atom is -0.369 e. The average molecular weight is 378 g/mol. The van der Waals surface area contributed by atoms with Gasteiger partial charge in [-0.2, -0.15) is 0 Å². The summed E-state index contributed by atoms with van der Waals surface area (Å²) < 4.78 is 28.5. The molecule has 0 saturated heterocycles. The average Bonchev–Trinajstić information content (AvgIpc) is 2.40. The van der Waals surface area contributed by atoms with Crippen molar-refractivity contribution in [3.63, 3.8) is 0 Å². The molecule has 1 aromatic heterocycles.